The summed E-state index contributed by atoms with van der Waals surface area (Å²) in [5.74, 6) is 1.77. The molecule has 0 spiro atoms. The van der Waals surface area contributed by atoms with Gasteiger partial charge in [0.15, 0.2) is 0 Å². The minimum Gasteiger partial charge on any atom is -0.332 e. The Balaban J connectivity index is 1.60. The highest BCUT2D eigenvalue weighted by Crippen LogP contribution is 2.29. The first kappa shape index (κ1) is 17.3. The van der Waals surface area contributed by atoms with Crippen molar-refractivity contribution in [2.24, 2.45) is 5.92 Å². The molecule has 3 atom stereocenters. The summed E-state index contributed by atoms with van der Waals surface area (Å²) in [5, 5.41) is 3.93. The predicted molar refractivity (Wildman–Crippen MR) is 107 cm³/mol. The van der Waals surface area contributed by atoms with Crippen molar-refractivity contribution in [1.29, 1.82) is 0 Å². The molecule has 0 saturated carbocycles. The number of hydrogen-bond acceptors (Lipinski definition) is 2. The fourth-order valence-corrected chi connectivity index (χ4v) is 4.15. The lowest BCUT2D eigenvalue weighted by Crippen LogP contribution is -2.47. The van der Waals surface area contributed by atoms with Gasteiger partial charge < -0.3 is 9.88 Å². The highest BCUT2D eigenvalue weighted by atomic mass is 15.2. The van der Waals surface area contributed by atoms with Gasteiger partial charge in [0, 0.05) is 18.8 Å². The molecule has 136 valence electrons. The van der Waals surface area contributed by atoms with Gasteiger partial charge in [0.25, 0.3) is 0 Å². The monoisotopic (exact) mass is 347 g/mol. The molecule has 3 nitrogen and oxygen atoms in total. The molecule has 0 radical (unpaired) electrons. The third kappa shape index (κ3) is 3.68. The molecule has 0 fully saturated rings. The number of aryl methyl sites for hydroxylation is 2. The number of fused-ring (bicyclic) bond motifs is 1. The van der Waals surface area contributed by atoms with Crippen molar-refractivity contribution < 1.29 is 0 Å². The van der Waals surface area contributed by atoms with Crippen LogP contribution in [0.15, 0.2) is 54.8 Å². The van der Waals surface area contributed by atoms with Crippen LogP contribution in [0.1, 0.15) is 48.5 Å². The molecule has 2 aromatic rings. The fourth-order valence-electron chi connectivity index (χ4n) is 4.15. The van der Waals surface area contributed by atoms with Gasteiger partial charge in [-0.2, -0.15) is 0 Å². The van der Waals surface area contributed by atoms with Gasteiger partial charge in [-0.05, 0) is 37.7 Å². The Morgan fingerprint density at radius 2 is 2.04 bits per heavy atom. The van der Waals surface area contributed by atoms with Crippen molar-refractivity contribution >= 4 is 0 Å². The number of hydrogen-bond donors (Lipinski definition) is 1. The van der Waals surface area contributed by atoms with E-state index >= 15 is 0 Å². The average molecular weight is 348 g/mol. The smallest absolute Gasteiger partial charge is 0.126 e. The quantitative estimate of drug-likeness (QED) is 0.861. The molecular weight excluding hydrogens is 318 g/mol. The van der Waals surface area contributed by atoms with Crippen molar-refractivity contribution in [1.82, 2.24) is 14.9 Å². The van der Waals surface area contributed by atoms with E-state index in [0.29, 0.717) is 12.0 Å². The molecule has 0 bridgehead atoms. The normalized spacial score (nSPS) is 24.6. The summed E-state index contributed by atoms with van der Waals surface area (Å²) >= 11 is 0. The molecule has 26 heavy (non-hydrogen) atoms. The Morgan fingerprint density at radius 3 is 2.77 bits per heavy atom. The lowest BCUT2D eigenvalue weighted by molar-refractivity contribution is 0.274. The van der Waals surface area contributed by atoms with E-state index in [2.05, 4.69) is 78.5 Å². The number of rotatable bonds is 5. The molecule has 1 aliphatic heterocycles. The molecular formula is C23H29N3. The van der Waals surface area contributed by atoms with Crippen LogP contribution in [0.2, 0.25) is 0 Å². The lowest BCUT2D eigenvalue weighted by Gasteiger charge is -2.36. The van der Waals surface area contributed by atoms with Crippen molar-refractivity contribution in [3.05, 3.63) is 77.4 Å². The zero-order valence-corrected chi connectivity index (χ0v) is 15.9. The number of allylic oxidation sites excluding steroid dienone is 3. The third-order valence-electron chi connectivity index (χ3n) is 5.57. The van der Waals surface area contributed by atoms with Gasteiger partial charge in [0.05, 0.1) is 11.7 Å². The number of benzene rings is 1. The summed E-state index contributed by atoms with van der Waals surface area (Å²) in [5.41, 5.74) is 3.92. The Hall–Kier alpha value is -2.13. The SMILES string of the molecule is CCCc1cn2c(n1)C(Cc1ccc(C)cc1)NC(C1C=CC=CC1)C2. The molecule has 1 aromatic heterocycles. The zero-order chi connectivity index (χ0) is 17.9. The van der Waals surface area contributed by atoms with Crippen LogP contribution in [-0.2, 0) is 19.4 Å². The van der Waals surface area contributed by atoms with Crippen LogP contribution in [0.5, 0.6) is 0 Å². The first-order valence-electron chi connectivity index (χ1n) is 9.94. The molecule has 1 aliphatic carbocycles. The van der Waals surface area contributed by atoms with Crippen molar-refractivity contribution in [2.75, 3.05) is 0 Å². The van der Waals surface area contributed by atoms with Crippen molar-refractivity contribution in [2.45, 2.75) is 58.2 Å². The van der Waals surface area contributed by atoms with E-state index < -0.39 is 0 Å². The van der Waals surface area contributed by atoms with Crippen LogP contribution in [0.3, 0.4) is 0 Å². The van der Waals surface area contributed by atoms with Gasteiger partial charge in [0.1, 0.15) is 5.82 Å². The molecule has 1 N–H and O–H groups in total. The van der Waals surface area contributed by atoms with Crippen LogP contribution in [0, 0.1) is 12.8 Å². The summed E-state index contributed by atoms with van der Waals surface area (Å²) in [6.07, 6.45) is 15.6. The van der Waals surface area contributed by atoms with Crippen LogP contribution >= 0.6 is 0 Å². The van der Waals surface area contributed by atoms with E-state index in [-0.39, 0.29) is 6.04 Å². The lowest BCUT2D eigenvalue weighted by atomic mass is 9.89. The maximum atomic E-state index is 4.98. The molecule has 3 unspecified atom stereocenters. The first-order chi connectivity index (χ1) is 12.7. The van der Waals surface area contributed by atoms with Crippen LogP contribution in [-0.4, -0.2) is 15.6 Å². The van der Waals surface area contributed by atoms with Gasteiger partial charge in [0.2, 0.25) is 0 Å². The van der Waals surface area contributed by atoms with E-state index in [1.54, 1.807) is 0 Å². The number of aromatic nitrogens is 2. The molecule has 4 rings (SSSR count). The fraction of sp³-hybridized carbons (Fsp3) is 0.435. The summed E-state index contributed by atoms with van der Waals surface area (Å²) < 4.78 is 2.41. The summed E-state index contributed by atoms with van der Waals surface area (Å²) in [4.78, 5) is 4.98. The van der Waals surface area contributed by atoms with Crippen LogP contribution in [0.25, 0.3) is 0 Å². The zero-order valence-electron chi connectivity index (χ0n) is 15.9. The minimum atomic E-state index is 0.279. The molecule has 0 amide bonds. The van der Waals surface area contributed by atoms with Gasteiger partial charge in [-0.25, -0.2) is 4.98 Å². The van der Waals surface area contributed by atoms with Crippen molar-refractivity contribution in [3.8, 4) is 0 Å². The maximum Gasteiger partial charge on any atom is 0.126 e. The highest BCUT2D eigenvalue weighted by Gasteiger charge is 2.31. The van der Waals surface area contributed by atoms with E-state index in [0.717, 1.165) is 32.2 Å². The topological polar surface area (TPSA) is 29.9 Å². The van der Waals surface area contributed by atoms with Crippen molar-refractivity contribution in [3.63, 3.8) is 0 Å². The van der Waals surface area contributed by atoms with Crippen LogP contribution < -0.4 is 5.32 Å². The second-order valence-corrected chi connectivity index (χ2v) is 7.72. The minimum absolute atomic E-state index is 0.279. The second kappa shape index (κ2) is 7.63. The Kier molecular flexibility index (Phi) is 5.07. The molecule has 2 heterocycles. The molecule has 2 aliphatic rings. The molecule has 1 aromatic carbocycles. The Morgan fingerprint density at radius 1 is 1.19 bits per heavy atom. The summed E-state index contributed by atoms with van der Waals surface area (Å²) in [6, 6.07) is 9.66. The van der Waals surface area contributed by atoms with E-state index in [9.17, 15) is 0 Å². The van der Waals surface area contributed by atoms with Gasteiger partial charge in [-0.3, -0.25) is 0 Å². The van der Waals surface area contributed by atoms with Gasteiger partial charge in [-0.15, -0.1) is 0 Å². The second-order valence-electron chi connectivity index (χ2n) is 7.72. The van der Waals surface area contributed by atoms with E-state index in [1.165, 1.54) is 22.6 Å². The predicted octanol–water partition coefficient (Wildman–Crippen LogP) is 4.53. The van der Waals surface area contributed by atoms with Gasteiger partial charge in [-0.1, -0.05) is 67.5 Å². The Bertz CT molecular complexity index is 797. The van der Waals surface area contributed by atoms with Crippen LogP contribution in [0.4, 0.5) is 0 Å². The Labute approximate surface area is 156 Å². The summed E-state index contributed by atoms with van der Waals surface area (Å²) in [7, 11) is 0. The standard InChI is InChI=1S/C23H29N3/c1-3-7-20-15-26-16-22(19-8-5-4-6-9-19)25-21(23(26)24-20)14-18-12-10-17(2)11-13-18/h4-6,8,10-13,15,19,21-22,25H,3,7,9,14,16H2,1-2H3. The maximum absolute atomic E-state index is 4.98. The average Bonchev–Trinajstić information content (AvgIpc) is 3.07. The molecule has 3 heteroatoms. The van der Waals surface area contributed by atoms with E-state index in [1.807, 2.05) is 0 Å². The first-order valence-corrected chi connectivity index (χ1v) is 9.94. The number of nitrogens with zero attached hydrogens (tertiary/aromatic N) is 2. The highest BCUT2D eigenvalue weighted by molar-refractivity contribution is 5.24. The summed E-state index contributed by atoms with van der Waals surface area (Å²) in [6.45, 7) is 5.38. The van der Waals surface area contributed by atoms with E-state index in [4.69, 9.17) is 4.98 Å². The number of nitrogens with one attached hydrogen (secondary N) is 1. The third-order valence-corrected chi connectivity index (χ3v) is 5.57. The number of imidazole rings is 1. The van der Waals surface area contributed by atoms with Gasteiger partial charge >= 0.3 is 0 Å². The largest absolute Gasteiger partial charge is 0.332 e. The molecule has 0 saturated heterocycles.